The van der Waals surface area contributed by atoms with Crippen molar-refractivity contribution in [1.82, 2.24) is 9.97 Å². The summed E-state index contributed by atoms with van der Waals surface area (Å²) in [6, 6.07) is 14.8. The number of hydrogen-bond acceptors (Lipinski definition) is 4. The topological polar surface area (TPSA) is 64.1 Å². The zero-order chi connectivity index (χ0) is 18.6. The van der Waals surface area contributed by atoms with Crippen LogP contribution in [0, 0.1) is 0 Å². The van der Waals surface area contributed by atoms with E-state index in [0.717, 1.165) is 0 Å². The third kappa shape index (κ3) is 4.45. The number of anilines is 1. The summed E-state index contributed by atoms with van der Waals surface area (Å²) in [5.74, 6) is 0.899. The zero-order valence-electron chi connectivity index (χ0n) is 15.1. The van der Waals surface area contributed by atoms with Crippen LogP contribution in [0.5, 0.6) is 11.6 Å². The van der Waals surface area contributed by atoms with Gasteiger partial charge < -0.3 is 10.1 Å². The molecule has 1 amide bonds. The standard InChI is InChI=1S/C21H21N3O2/c1-21(2,3)16-7-9-18(10-8-16)26-19-11-6-15(13-23-19)20(25)24-17-5-4-12-22-14-17/h4-14H,1-3H3,(H,24,25). The van der Waals surface area contributed by atoms with Gasteiger partial charge in [0.25, 0.3) is 5.91 Å². The Kier molecular flexibility index (Phi) is 4.98. The molecule has 132 valence electrons. The first kappa shape index (κ1) is 17.6. The summed E-state index contributed by atoms with van der Waals surface area (Å²) >= 11 is 0. The molecule has 0 saturated carbocycles. The molecule has 1 aromatic carbocycles. The molecule has 0 spiro atoms. The van der Waals surface area contributed by atoms with Crippen LogP contribution in [0.1, 0.15) is 36.7 Å². The average Bonchev–Trinajstić information content (AvgIpc) is 2.63. The van der Waals surface area contributed by atoms with Gasteiger partial charge in [-0.3, -0.25) is 9.78 Å². The Morgan fingerprint density at radius 1 is 1.00 bits per heavy atom. The highest BCUT2D eigenvalue weighted by molar-refractivity contribution is 6.03. The average molecular weight is 347 g/mol. The van der Waals surface area contributed by atoms with Crippen LogP contribution in [0.3, 0.4) is 0 Å². The Labute approximate surface area is 153 Å². The van der Waals surface area contributed by atoms with Crippen LogP contribution in [0.4, 0.5) is 5.69 Å². The number of carbonyl (C=O) groups is 1. The Balaban J connectivity index is 1.65. The maximum absolute atomic E-state index is 12.2. The van der Waals surface area contributed by atoms with Crippen LogP contribution in [-0.2, 0) is 5.41 Å². The molecule has 3 aromatic rings. The smallest absolute Gasteiger partial charge is 0.257 e. The van der Waals surface area contributed by atoms with Gasteiger partial charge in [0, 0.05) is 18.5 Å². The molecule has 2 aromatic heterocycles. The minimum absolute atomic E-state index is 0.0973. The molecule has 0 aliphatic carbocycles. The van der Waals surface area contributed by atoms with Crippen LogP contribution >= 0.6 is 0 Å². The summed E-state index contributed by atoms with van der Waals surface area (Å²) in [5, 5.41) is 2.77. The van der Waals surface area contributed by atoms with Crippen molar-refractivity contribution in [3.8, 4) is 11.6 Å². The molecule has 0 aliphatic rings. The lowest BCUT2D eigenvalue weighted by molar-refractivity contribution is 0.102. The number of nitrogens with zero attached hydrogens (tertiary/aromatic N) is 2. The highest BCUT2D eigenvalue weighted by atomic mass is 16.5. The van der Waals surface area contributed by atoms with Crippen molar-refractivity contribution in [3.63, 3.8) is 0 Å². The van der Waals surface area contributed by atoms with E-state index in [4.69, 9.17) is 4.74 Å². The van der Waals surface area contributed by atoms with E-state index in [1.54, 1.807) is 36.7 Å². The van der Waals surface area contributed by atoms with Gasteiger partial charge in [-0.05, 0) is 41.3 Å². The lowest BCUT2D eigenvalue weighted by Crippen LogP contribution is -2.12. The number of nitrogens with one attached hydrogen (secondary N) is 1. The Morgan fingerprint density at radius 2 is 1.77 bits per heavy atom. The fourth-order valence-corrected chi connectivity index (χ4v) is 2.36. The van der Waals surface area contributed by atoms with E-state index in [1.165, 1.54) is 11.8 Å². The molecular weight excluding hydrogens is 326 g/mol. The highest BCUT2D eigenvalue weighted by Gasteiger charge is 2.13. The van der Waals surface area contributed by atoms with Gasteiger partial charge in [-0.1, -0.05) is 32.9 Å². The van der Waals surface area contributed by atoms with E-state index in [-0.39, 0.29) is 11.3 Å². The van der Waals surface area contributed by atoms with Gasteiger partial charge in [-0.2, -0.15) is 0 Å². The molecule has 5 heteroatoms. The minimum atomic E-state index is -0.244. The van der Waals surface area contributed by atoms with Crippen molar-refractivity contribution in [2.45, 2.75) is 26.2 Å². The zero-order valence-corrected chi connectivity index (χ0v) is 15.1. The molecule has 5 nitrogen and oxygen atoms in total. The van der Waals surface area contributed by atoms with Crippen molar-refractivity contribution in [2.75, 3.05) is 5.32 Å². The predicted molar refractivity (Wildman–Crippen MR) is 102 cm³/mol. The normalized spacial score (nSPS) is 11.0. The molecule has 3 rings (SSSR count). The van der Waals surface area contributed by atoms with Crippen molar-refractivity contribution in [3.05, 3.63) is 78.2 Å². The highest BCUT2D eigenvalue weighted by Crippen LogP contribution is 2.26. The molecule has 0 aliphatic heterocycles. The Morgan fingerprint density at radius 3 is 2.35 bits per heavy atom. The van der Waals surface area contributed by atoms with Gasteiger partial charge >= 0.3 is 0 Å². The van der Waals surface area contributed by atoms with Gasteiger partial charge in [-0.25, -0.2) is 4.98 Å². The van der Waals surface area contributed by atoms with Gasteiger partial charge in [0.1, 0.15) is 5.75 Å². The van der Waals surface area contributed by atoms with Gasteiger partial charge in [-0.15, -0.1) is 0 Å². The second kappa shape index (κ2) is 7.35. The minimum Gasteiger partial charge on any atom is -0.439 e. The lowest BCUT2D eigenvalue weighted by atomic mass is 9.87. The van der Waals surface area contributed by atoms with Gasteiger partial charge in [0.05, 0.1) is 17.4 Å². The largest absolute Gasteiger partial charge is 0.439 e. The van der Waals surface area contributed by atoms with Gasteiger partial charge in [0.2, 0.25) is 5.88 Å². The van der Waals surface area contributed by atoms with E-state index < -0.39 is 0 Å². The molecule has 26 heavy (non-hydrogen) atoms. The number of ether oxygens (including phenoxy) is 1. The third-order valence-electron chi connectivity index (χ3n) is 3.86. The summed E-state index contributed by atoms with van der Waals surface area (Å²) in [6.07, 6.45) is 4.73. The molecule has 0 atom stereocenters. The van der Waals surface area contributed by atoms with E-state index >= 15 is 0 Å². The lowest BCUT2D eigenvalue weighted by Gasteiger charge is -2.19. The van der Waals surface area contributed by atoms with Crippen LogP contribution in [0.2, 0.25) is 0 Å². The second-order valence-electron chi connectivity index (χ2n) is 6.96. The van der Waals surface area contributed by atoms with E-state index in [2.05, 4.69) is 36.1 Å². The Hall–Kier alpha value is -3.21. The number of carbonyl (C=O) groups excluding carboxylic acids is 1. The van der Waals surface area contributed by atoms with Crippen molar-refractivity contribution >= 4 is 11.6 Å². The molecule has 0 saturated heterocycles. The number of pyridine rings is 2. The van der Waals surface area contributed by atoms with Crippen LogP contribution in [0.25, 0.3) is 0 Å². The number of benzene rings is 1. The predicted octanol–water partition coefficient (Wildman–Crippen LogP) is 4.82. The van der Waals surface area contributed by atoms with Crippen molar-refractivity contribution < 1.29 is 9.53 Å². The summed E-state index contributed by atoms with van der Waals surface area (Å²) in [5.41, 5.74) is 2.42. The van der Waals surface area contributed by atoms with Crippen LogP contribution < -0.4 is 10.1 Å². The fourth-order valence-electron chi connectivity index (χ4n) is 2.36. The molecule has 2 heterocycles. The third-order valence-corrected chi connectivity index (χ3v) is 3.86. The number of rotatable bonds is 4. The summed E-state index contributed by atoms with van der Waals surface area (Å²) in [7, 11) is 0. The Bertz CT molecular complexity index is 868. The number of aromatic nitrogens is 2. The maximum Gasteiger partial charge on any atom is 0.257 e. The van der Waals surface area contributed by atoms with Crippen LogP contribution in [0.15, 0.2) is 67.1 Å². The second-order valence-corrected chi connectivity index (χ2v) is 6.96. The first-order valence-electron chi connectivity index (χ1n) is 8.38. The van der Waals surface area contributed by atoms with E-state index in [0.29, 0.717) is 22.9 Å². The first-order chi connectivity index (χ1) is 12.4. The monoisotopic (exact) mass is 347 g/mol. The SMILES string of the molecule is CC(C)(C)c1ccc(Oc2ccc(C(=O)Nc3cccnc3)cn2)cc1. The first-order valence-corrected chi connectivity index (χ1v) is 8.38. The summed E-state index contributed by atoms with van der Waals surface area (Å²) in [6.45, 7) is 6.50. The molecule has 0 bridgehead atoms. The molecule has 1 N–H and O–H groups in total. The quantitative estimate of drug-likeness (QED) is 0.735. The summed E-state index contributed by atoms with van der Waals surface area (Å²) in [4.78, 5) is 20.4. The van der Waals surface area contributed by atoms with Gasteiger partial charge in [0.15, 0.2) is 0 Å². The van der Waals surface area contributed by atoms with Crippen molar-refractivity contribution in [1.29, 1.82) is 0 Å². The van der Waals surface area contributed by atoms with E-state index in [1.807, 2.05) is 24.3 Å². The molecular formula is C21H21N3O2. The summed E-state index contributed by atoms with van der Waals surface area (Å²) < 4.78 is 5.75. The molecule has 0 unspecified atom stereocenters. The fraction of sp³-hybridized carbons (Fsp3) is 0.190. The molecule has 0 fully saturated rings. The number of amides is 1. The maximum atomic E-state index is 12.2. The number of hydrogen-bond donors (Lipinski definition) is 1. The van der Waals surface area contributed by atoms with Crippen molar-refractivity contribution in [2.24, 2.45) is 0 Å². The van der Waals surface area contributed by atoms with Crippen LogP contribution in [-0.4, -0.2) is 15.9 Å². The van der Waals surface area contributed by atoms with E-state index in [9.17, 15) is 4.79 Å². The molecule has 0 radical (unpaired) electrons.